The molecule has 2 aliphatic heterocycles. The van der Waals surface area contributed by atoms with E-state index in [-0.39, 0.29) is 36.4 Å². The predicted molar refractivity (Wildman–Crippen MR) is 108 cm³/mol. The molecule has 2 aromatic carbocycles. The van der Waals surface area contributed by atoms with Crippen LogP contribution >= 0.6 is 0 Å². The molecule has 2 heterocycles. The van der Waals surface area contributed by atoms with E-state index in [2.05, 4.69) is 5.32 Å². The van der Waals surface area contributed by atoms with E-state index < -0.39 is 11.7 Å². The summed E-state index contributed by atoms with van der Waals surface area (Å²) in [7, 11) is 0. The Labute approximate surface area is 168 Å². The van der Waals surface area contributed by atoms with Gasteiger partial charge in [0.1, 0.15) is 5.82 Å². The molecule has 6 nitrogen and oxygen atoms in total. The van der Waals surface area contributed by atoms with Crippen molar-refractivity contribution in [2.75, 3.05) is 28.2 Å². The number of amides is 3. The van der Waals surface area contributed by atoms with Crippen molar-refractivity contribution in [2.45, 2.75) is 26.2 Å². The average molecular weight is 395 g/mol. The summed E-state index contributed by atoms with van der Waals surface area (Å²) in [5.41, 5.74) is 2.28. The summed E-state index contributed by atoms with van der Waals surface area (Å²) in [6.45, 7) is 2.58. The second-order valence-corrected chi connectivity index (χ2v) is 7.55. The highest BCUT2D eigenvalue weighted by Crippen LogP contribution is 2.29. The molecular weight excluding hydrogens is 373 g/mol. The van der Waals surface area contributed by atoms with E-state index in [4.69, 9.17) is 0 Å². The SMILES string of the molecule is Cc1ccc(N2CC(C(=O)Nc3cccc(N4CCCC4=O)c3)CC2=O)c(F)c1. The van der Waals surface area contributed by atoms with Crippen LogP contribution in [0.4, 0.5) is 21.5 Å². The number of rotatable bonds is 4. The van der Waals surface area contributed by atoms with Gasteiger partial charge in [0, 0.05) is 37.3 Å². The molecule has 0 saturated carbocycles. The lowest BCUT2D eigenvalue weighted by molar-refractivity contribution is -0.122. The van der Waals surface area contributed by atoms with Crippen molar-refractivity contribution >= 4 is 34.8 Å². The van der Waals surface area contributed by atoms with Gasteiger partial charge in [0.25, 0.3) is 0 Å². The van der Waals surface area contributed by atoms with Gasteiger partial charge < -0.3 is 15.1 Å². The van der Waals surface area contributed by atoms with Gasteiger partial charge in [-0.1, -0.05) is 12.1 Å². The normalized spacial score (nSPS) is 19.2. The Hall–Kier alpha value is -3.22. The number of nitrogens with one attached hydrogen (secondary N) is 1. The van der Waals surface area contributed by atoms with Gasteiger partial charge in [-0.05, 0) is 49.2 Å². The maximum absolute atomic E-state index is 14.2. The number of nitrogens with zero attached hydrogens (tertiary/aromatic N) is 2. The molecule has 0 aromatic heterocycles. The fourth-order valence-corrected chi connectivity index (χ4v) is 3.86. The number of carbonyl (C=O) groups excluding carboxylic acids is 3. The zero-order valence-electron chi connectivity index (χ0n) is 16.2. The molecule has 2 fully saturated rings. The van der Waals surface area contributed by atoms with Crippen molar-refractivity contribution < 1.29 is 18.8 Å². The van der Waals surface area contributed by atoms with E-state index in [9.17, 15) is 18.8 Å². The Morgan fingerprint density at radius 2 is 1.93 bits per heavy atom. The largest absolute Gasteiger partial charge is 0.326 e. The molecule has 3 amide bonds. The minimum absolute atomic E-state index is 0.0312. The predicted octanol–water partition coefficient (Wildman–Crippen LogP) is 3.25. The van der Waals surface area contributed by atoms with Gasteiger partial charge >= 0.3 is 0 Å². The molecule has 29 heavy (non-hydrogen) atoms. The number of aryl methyl sites for hydroxylation is 1. The van der Waals surface area contributed by atoms with Crippen molar-refractivity contribution in [3.63, 3.8) is 0 Å². The fourth-order valence-electron chi connectivity index (χ4n) is 3.86. The molecule has 4 rings (SSSR count). The molecule has 1 atom stereocenters. The second kappa shape index (κ2) is 7.66. The van der Waals surface area contributed by atoms with E-state index in [1.165, 1.54) is 11.0 Å². The first kappa shape index (κ1) is 19.1. The van der Waals surface area contributed by atoms with E-state index in [0.717, 1.165) is 17.7 Å². The highest BCUT2D eigenvalue weighted by atomic mass is 19.1. The average Bonchev–Trinajstić information content (AvgIpc) is 3.28. The molecule has 2 aliphatic rings. The summed E-state index contributed by atoms with van der Waals surface area (Å²) in [5, 5.41) is 2.83. The summed E-state index contributed by atoms with van der Waals surface area (Å²) in [5.74, 6) is -1.53. The Bertz CT molecular complexity index is 991. The number of hydrogen-bond acceptors (Lipinski definition) is 3. The molecule has 150 valence electrons. The van der Waals surface area contributed by atoms with Crippen molar-refractivity contribution in [2.24, 2.45) is 5.92 Å². The third kappa shape index (κ3) is 3.85. The quantitative estimate of drug-likeness (QED) is 0.864. The maximum Gasteiger partial charge on any atom is 0.229 e. The molecule has 0 aliphatic carbocycles. The molecule has 0 spiro atoms. The Morgan fingerprint density at radius 3 is 2.66 bits per heavy atom. The van der Waals surface area contributed by atoms with Crippen LogP contribution in [0.25, 0.3) is 0 Å². The van der Waals surface area contributed by atoms with Gasteiger partial charge in [-0.15, -0.1) is 0 Å². The van der Waals surface area contributed by atoms with Gasteiger partial charge in [-0.25, -0.2) is 4.39 Å². The first-order valence-corrected chi connectivity index (χ1v) is 9.70. The van der Waals surface area contributed by atoms with Crippen molar-refractivity contribution in [3.8, 4) is 0 Å². The molecule has 1 N–H and O–H groups in total. The standard InChI is InChI=1S/C22H22FN3O3/c1-14-7-8-19(18(23)10-14)26-13-15(11-21(26)28)22(29)24-16-4-2-5-17(12-16)25-9-3-6-20(25)27/h2,4-5,7-8,10,12,15H,3,6,9,11,13H2,1H3,(H,24,29). The minimum atomic E-state index is -0.569. The van der Waals surface area contributed by atoms with E-state index in [1.54, 1.807) is 42.2 Å². The third-order valence-corrected chi connectivity index (χ3v) is 5.39. The van der Waals surface area contributed by atoms with E-state index in [1.807, 2.05) is 6.07 Å². The van der Waals surface area contributed by atoms with Gasteiger partial charge in [0.2, 0.25) is 17.7 Å². The Kier molecular flexibility index (Phi) is 5.05. The van der Waals surface area contributed by atoms with Gasteiger partial charge in [-0.2, -0.15) is 0 Å². The monoisotopic (exact) mass is 395 g/mol. The summed E-state index contributed by atoms with van der Waals surface area (Å²) in [4.78, 5) is 40.1. The molecule has 7 heteroatoms. The van der Waals surface area contributed by atoms with Gasteiger partial charge in [0.05, 0.1) is 11.6 Å². The first-order chi connectivity index (χ1) is 13.9. The zero-order valence-corrected chi connectivity index (χ0v) is 16.2. The van der Waals surface area contributed by atoms with Crippen LogP contribution < -0.4 is 15.1 Å². The highest BCUT2D eigenvalue weighted by molar-refractivity contribution is 6.04. The Balaban J connectivity index is 1.45. The number of benzene rings is 2. The van der Waals surface area contributed by atoms with Crippen LogP contribution in [0, 0.1) is 18.7 Å². The number of carbonyl (C=O) groups is 3. The van der Waals surface area contributed by atoms with Crippen LogP contribution in [0.15, 0.2) is 42.5 Å². The number of anilines is 3. The fraction of sp³-hybridized carbons (Fsp3) is 0.318. The van der Waals surface area contributed by atoms with E-state index in [0.29, 0.717) is 18.7 Å². The Morgan fingerprint density at radius 1 is 1.10 bits per heavy atom. The second-order valence-electron chi connectivity index (χ2n) is 7.55. The molecule has 0 bridgehead atoms. The molecular formula is C22H22FN3O3. The number of hydrogen-bond donors (Lipinski definition) is 1. The van der Waals surface area contributed by atoms with Gasteiger partial charge in [-0.3, -0.25) is 14.4 Å². The van der Waals surface area contributed by atoms with Crippen molar-refractivity contribution in [1.29, 1.82) is 0 Å². The third-order valence-electron chi connectivity index (χ3n) is 5.39. The molecule has 1 unspecified atom stereocenters. The number of halogens is 1. The lowest BCUT2D eigenvalue weighted by atomic mass is 10.1. The van der Waals surface area contributed by atoms with E-state index >= 15 is 0 Å². The van der Waals surface area contributed by atoms with Crippen molar-refractivity contribution in [1.82, 2.24) is 0 Å². The topological polar surface area (TPSA) is 69.7 Å². The van der Waals surface area contributed by atoms with Crippen molar-refractivity contribution in [3.05, 3.63) is 53.8 Å². The summed E-state index contributed by atoms with van der Waals surface area (Å²) in [6, 6.07) is 11.8. The minimum Gasteiger partial charge on any atom is -0.326 e. The first-order valence-electron chi connectivity index (χ1n) is 9.70. The summed E-state index contributed by atoms with van der Waals surface area (Å²) in [6.07, 6.45) is 1.39. The summed E-state index contributed by atoms with van der Waals surface area (Å²) >= 11 is 0. The van der Waals surface area contributed by atoms with Crippen LogP contribution in [0.2, 0.25) is 0 Å². The highest BCUT2D eigenvalue weighted by Gasteiger charge is 2.36. The molecule has 2 saturated heterocycles. The van der Waals surface area contributed by atoms with Crippen LogP contribution in [-0.2, 0) is 14.4 Å². The smallest absolute Gasteiger partial charge is 0.229 e. The van der Waals surface area contributed by atoms with Crippen LogP contribution in [0.1, 0.15) is 24.8 Å². The molecule has 2 aromatic rings. The zero-order chi connectivity index (χ0) is 20.5. The molecule has 0 radical (unpaired) electrons. The summed E-state index contributed by atoms with van der Waals surface area (Å²) < 4.78 is 14.2. The lowest BCUT2D eigenvalue weighted by Crippen LogP contribution is -2.29. The van der Waals surface area contributed by atoms with Crippen LogP contribution in [0.3, 0.4) is 0 Å². The maximum atomic E-state index is 14.2. The van der Waals surface area contributed by atoms with Crippen LogP contribution in [-0.4, -0.2) is 30.8 Å². The van der Waals surface area contributed by atoms with Gasteiger partial charge in [0.15, 0.2) is 0 Å². The lowest BCUT2D eigenvalue weighted by Gasteiger charge is -2.18. The van der Waals surface area contributed by atoms with Crippen LogP contribution in [0.5, 0.6) is 0 Å².